The van der Waals surface area contributed by atoms with E-state index in [4.69, 9.17) is 27.9 Å². The van der Waals surface area contributed by atoms with Gasteiger partial charge in [0.15, 0.2) is 0 Å². The lowest BCUT2D eigenvalue weighted by Gasteiger charge is -2.20. The van der Waals surface area contributed by atoms with Gasteiger partial charge in [0, 0.05) is 0 Å². The fourth-order valence-electron chi connectivity index (χ4n) is 1.14. The lowest BCUT2D eigenvalue weighted by atomic mass is 10.1. The Hall–Kier alpha value is -0.990. The standard InChI is InChI=1S/C13H14Cl2O2/c1-8(12(16)17-13(2,3)4)9-5-6-10(14)11(15)7-9/h5-7H,1H2,2-4H3. The minimum absolute atomic E-state index is 0.262. The number of esters is 1. The van der Waals surface area contributed by atoms with Crippen LogP contribution in [0.25, 0.3) is 5.57 Å². The van der Waals surface area contributed by atoms with E-state index in [0.29, 0.717) is 15.6 Å². The van der Waals surface area contributed by atoms with E-state index in [-0.39, 0.29) is 5.57 Å². The summed E-state index contributed by atoms with van der Waals surface area (Å²) in [5.74, 6) is -0.462. The third-order valence-corrected chi connectivity index (χ3v) is 2.65. The van der Waals surface area contributed by atoms with E-state index in [1.807, 2.05) is 0 Å². The summed E-state index contributed by atoms with van der Waals surface area (Å²) in [6.45, 7) is 9.10. The van der Waals surface area contributed by atoms with E-state index in [9.17, 15) is 4.79 Å². The van der Waals surface area contributed by atoms with Gasteiger partial charge in [0.2, 0.25) is 0 Å². The van der Waals surface area contributed by atoms with Crippen LogP contribution in [0.3, 0.4) is 0 Å². The second kappa shape index (κ2) is 5.11. The maximum absolute atomic E-state index is 11.8. The summed E-state index contributed by atoms with van der Waals surface area (Å²) in [4.78, 5) is 11.8. The predicted octanol–water partition coefficient (Wildman–Crippen LogP) is 4.35. The van der Waals surface area contributed by atoms with E-state index < -0.39 is 11.6 Å². The molecule has 0 fully saturated rings. The van der Waals surface area contributed by atoms with Crippen molar-refractivity contribution < 1.29 is 9.53 Å². The van der Waals surface area contributed by atoms with Crippen LogP contribution < -0.4 is 0 Å². The highest BCUT2D eigenvalue weighted by atomic mass is 35.5. The molecule has 1 rings (SSSR count). The summed E-state index contributed by atoms with van der Waals surface area (Å²) < 4.78 is 5.21. The summed E-state index contributed by atoms with van der Waals surface area (Å²) in [6, 6.07) is 4.89. The van der Waals surface area contributed by atoms with Crippen LogP contribution in [0.1, 0.15) is 26.3 Å². The second-order valence-electron chi connectivity index (χ2n) is 4.61. The molecule has 0 aliphatic rings. The molecule has 0 bridgehead atoms. The smallest absolute Gasteiger partial charge is 0.338 e. The number of rotatable bonds is 2. The van der Waals surface area contributed by atoms with Crippen LogP contribution in [0.15, 0.2) is 24.8 Å². The molecular formula is C13H14Cl2O2. The number of ether oxygens (including phenoxy) is 1. The van der Waals surface area contributed by atoms with Crippen LogP contribution in [0, 0.1) is 0 Å². The minimum Gasteiger partial charge on any atom is -0.456 e. The van der Waals surface area contributed by atoms with Crippen molar-refractivity contribution in [1.82, 2.24) is 0 Å². The van der Waals surface area contributed by atoms with Gasteiger partial charge in [0.1, 0.15) is 5.60 Å². The van der Waals surface area contributed by atoms with Crippen molar-refractivity contribution in [2.45, 2.75) is 26.4 Å². The number of hydrogen-bond donors (Lipinski definition) is 0. The average Bonchev–Trinajstić information content (AvgIpc) is 2.18. The monoisotopic (exact) mass is 272 g/mol. The van der Waals surface area contributed by atoms with E-state index in [1.165, 1.54) is 0 Å². The molecule has 0 saturated heterocycles. The molecule has 92 valence electrons. The summed E-state index contributed by atoms with van der Waals surface area (Å²) in [5.41, 5.74) is 0.322. The van der Waals surface area contributed by atoms with Crippen molar-refractivity contribution in [2.75, 3.05) is 0 Å². The summed E-state index contributed by atoms with van der Waals surface area (Å²) in [5, 5.41) is 0.821. The van der Waals surface area contributed by atoms with Crippen LogP contribution >= 0.6 is 23.2 Å². The van der Waals surface area contributed by atoms with Gasteiger partial charge in [-0.25, -0.2) is 4.79 Å². The van der Waals surface area contributed by atoms with Gasteiger partial charge < -0.3 is 4.74 Å². The number of hydrogen-bond acceptors (Lipinski definition) is 2. The minimum atomic E-state index is -0.545. The van der Waals surface area contributed by atoms with Gasteiger partial charge in [-0.2, -0.15) is 0 Å². The van der Waals surface area contributed by atoms with Gasteiger partial charge in [-0.3, -0.25) is 0 Å². The molecule has 0 saturated carbocycles. The van der Waals surface area contributed by atoms with Crippen molar-refractivity contribution in [3.63, 3.8) is 0 Å². The topological polar surface area (TPSA) is 26.3 Å². The van der Waals surface area contributed by atoms with E-state index in [2.05, 4.69) is 6.58 Å². The van der Waals surface area contributed by atoms with Gasteiger partial charge in [-0.1, -0.05) is 35.8 Å². The molecule has 17 heavy (non-hydrogen) atoms. The first kappa shape index (κ1) is 14.1. The first-order chi connectivity index (χ1) is 7.70. The fraction of sp³-hybridized carbons (Fsp3) is 0.308. The Kier molecular flexibility index (Phi) is 4.23. The molecule has 2 nitrogen and oxygen atoms in total. The zero-order valence-electron chi connectivity index (χ0n) is 10.0. The Balaban J connectivity index is 2.90. The Morgan fingerprint density at radius 1 is 1.24 bits per heavy atom. The molecule has 1 aromatic rings. The highest BCUT2D eigenvalue weighted by Crippen LogP contribution is 2.26. The molecule has 0 N–H and O–H groups in total. The Bertz CT molecular complexity index is 459. The maximum Gasteiger partial charge on any atom is 0.338 e. The lowest BCUT2D eigenvalue weighted by Crippen LogP contribution is -2.24. The number of carbonyl (C=O) groups excluding carboxylic acids is 1. The quantitative estimate of drug-likeness (QED) is 0.591. The van der Waals surface area contributed by atoms with Crippen molar-refractivity contribution in [3.05, 3.63) is 40.4 Å². The molecule has 0 atom stereocenters. The average molecular weight is 273 g/mol. The highest BCUT2D eigenvalue weighted by molar-refractivity contribution is 6.42. The number of benzene rings is 1. The summed E-state index contributed by atoms with van der Waals surface area (Å²) in [7, 11) is 0. The van der Waals surface area contributed by atoms with Crippen molar-refractivity contribution in [3.8, 4) is 0 Å². The largest absolute Gasteiger partial charge is 0.456 e. The molecule has 0 aromatic heterocycles. The summed E-state index contributed by atoms with van der Waals surface area (Å²) in [6.07, 6.45) is 0. The molecule has 0 aliphatic heterocycles. The molecule has 0 heterocycles. The van der Waals surface area contributed by atoms with Crippen LogP contribution in [0.2, 0.25) is 10.0 Å². The van der Waals surface area contributed by atoms with Crippen molar-refractivity contribution in [1.29, 1.82) is 0 Å². The third kappa shape index (κ3) is 4.06. The molecule has 4 heteroatoms. The first-order valence-electron chi connectivity index (χ1n) is 5.08. The van der Waals surface area contributed by atoms with E-state index >= 15 is 0 Å². The molecule has 0 unspecified atom stereocenters. The van der Waals surface area contributed by atoms with Gasteiger partial charge in [-0.15, -0.1) is 0 Å². The van der Waals surface area contributed by atoms with E-state index in [0.717, 1.165) is 0 Å². The fourth-order valence-corrected chi connectivity index (χ4v) is 1.44. The zero-order valence-corrected chi connectivity index (χ0v) is 11.5. The maximum atomic E-state index is 11.8. The highest BCUT2D eigenvalue weighted by Gasteiger charge is 2.19. The Labute approximate surface area is 111 Å². The Morgan fingerprint density at radius 3 is 2.29 bits per heavy atom. The van der Waals surface area contributed by atoms with Crippen LogP contribution in [-0.2, 0) is 9.53 Å². The normalized spacial score (nSPS) is 11.1. The lowest BCUT2D eigenvalue weighted by molar-refractivity contribution is -0.147. The SMILES string of the molecule is C=C(C(=O)OC(C)(C)C)c1ccc(Cl)c(Cl)c1. The number of carbonyl (C=O) groups is 1. The molecular weight excluding hydrogens is 259 g/mol. The third-order valence-electron chi connectivity index (χ3n) is 1.91. The second-order valence-corrected chi connectivity index (χ2v) is 5.42. The van der Waals surface area contributed by atoms with Crippen LogP contribution in [-0.4, -0.2) is 11.6 Å². The van der Waals surface area contributed by atoms with E-state index in [1.54, 1.807) is 39.0 Å². The molecule has 0 aliphatic carbocycles. The predicted molar refractivity (Wildman–Crippen MR) is 71.3 cm³/mol. The number of halogens is 2. The van der Waals surface area contributed by atoms with Gasteiger partial charge in [0.05, 0.1) is 15.6 Å². The van der Waals surface area contributed by atoms with Crippen LogP contribution in [0.4, 0.5) is 0 Å². The summed E-state index contributed by atoms with van der Waals surface area (Å²) >= 11 is 11.7. The zero-order chi connectivity index (χ0) is 13.2. The van der Waals surface area contributed by atoms with Gasteiger partial charge >= 0.3 is 5.97 Å². The molecule has 0 spiro atoms. The van der Waals surface area contributed by atoms with Crippen LogP contribution in [0.5, 0.6) is 0 Å². The van der Waals surface area contributed by atoms with Crippen molar-refractivity contribution >= 4 is 34.7 Å². The molecule has 1 aromatic carbocycles. The van der Waals surface area contributed by atoms with Gasteiger partial charge in [-0.05, 0) is 38.5 Å². The van der Waals surface area contributed by atoms with Crippen molar-refractivity contribution in [2.24, 2.45) is 0 Å². The molecule has 0 amide bonds. The van der Waals surface area contributed by atoms with Gasteiger partial charge in [0.25, 0.3) is 0 Å². The first-order valence-corrected chi connectivity index (χ1v) is 5.84. The Morgan fingerprint density at radius 2 is 1.82 bits per heavy atom. The molecule has 0 radical (unpaired) electrons.